The van der Waals surface area contributed by atoms with E-state index >= 15 is 0 Å². The summed E-state index contributed by atoms with van der Waals surface area (Å²) in [5, 5.41) is 14.4. The number of nitrogens with zero attached hydrogens (tertiary/aromatic N) is 6. The van der Waals surface area contributed by atoms with Crippen molar-refractivity contribution >= 4 is 41.1 Å². The summed E-state index contributed by atoms with van der Waals surface area (Å²) in [7, 11) is 2.12. The number of carbonyl (C=O) groups excluding carboxylic acids is 1. The zero-order chi connectivity index (χ0) is 26.8. The Labute approximate surface area is 231 Å². The Hall–Kier alpha value is -3.96. The second kappa shape index (κ2) is 11.0. The molecule has 11 heteroatoms. The maximum absolute atomic E-state index is 12.1. The summed E-state index contributed by atoms with van der Waals surface area (Å²) < 4.78 is 0. The van der Waals surface area contributed by atoms with Gasteiger partial charge in [-0.15, -0.1) is 0 Å². The standard InChI is InChI=1S/C28H31N9OS/c1-18-3-5-19(6-4-18)23-17-24(35-34-23)30-26-31-27(37-15-13-36(2)14-16-37)33-28(32-26)39-22-11-9-21(10-12-22)29-25(38)20-7-8-20/h3-6,9-12,17,20H,7-8,13-16H2,1-2H3,(H,29,38)(H2,30,31,32,33,34,35). The normalized spacial score (nSPS) is 15.8. The van der Waals surface area contributed by atoms with Crippen molar-refractivity contribution in [1.82, 2.24) is 30.0 Å². The molecule has 2 aromatic heterocycles. The number of aromatic amines is 1. The average Bonchev–Trinajstić information content (AvgIpc) is 3.70. The largest absolute Gasteiger partial charge is 0.338 e. The molecule has 6 rings (SSSR count). The zero-order valence-corrected chi connectivity index (χ0v) is 22.8. The predicted octanol–water partition coefficient (Wildman–Crippen LogP) is 4.57. The van der Waals surface area contributed by atoms with Crippen LogP contribution in [0.5, 0.6) is 0 Å². The Morgan fingerprint density at radius 2 is 1.72 bits per heavy atom. The lowest BCUT2D eigenvalue weighted by molar-refractivity contribution is -0.117. The smallest absolute Gasteiger partial charge is 0.234 e. The maximum atomic E-state index is 12.1. The summed E-state index contributed by atoms with van der Waals surface area (Å²) in [4.78, 5) is 31.8. The molecule has 200 valence electrons. The van der Waals surface area contributed by atoms with Gasteiger partial charge in [-0.05, 0) is 68.4 Å². The third-order valence-electron chi connectivity index (χ3n) is 6.85. The van der Waals surface area contributed by atoms with Crippen molar-refractivity contribution in [2.45, 2.75) is 29.8 Å². The number of hydrogen-bond donors (Lipinski definition) is 3. The predicted molar refractivity (Wildman–Crippen MR) is 153 cm³/mol. The molecule has 0 radical (unpaired) electrons. The van der Waals surface area contributed by atoms with Crippen molar-refractivity contribution in [3.05, 3.63) is 60.2 Å². The van der Waals surface area contributed by atoms with Gasteiger partial charge in [0.1, 0.15) is 0 Å². The third-order valence-corrected chi connectivity index (χ3v) is 7.72. The van der Waals surface area contributed by atoms with Crippen LogP contribution in [0, 0.1) is 12.8 Å². The van der Waals surface area contributed by atoms with Crippen molar-refractivity contribution in [2.24, 2.45) is 5.92 Å². The Morgan fingerprint density at radius 3 is 2.44 bits per heavy atom. The highest BCUT2D eigenvalue weighted by Gasteiger charge is 2.29. The number of carbonyl (C=O) groups is 1. The van der Waals surface area contributed by atoms with E-state index in [9.17, 15) is 4.79 Å². The summed E-state index contributed by atoms with van der Waals surface area (Å²) in [5.74, 6) is 1.99. The first-order chi connectivity index (χ1) is 19.0. The van der Waals surface area contributed by atoms with Gasteiger partial charge in [0.05, 0.1) is 5.69 Å². The van der Waals surface area contributed by atoms with E-state index in [1.165, 1.54) is 17.3 Å². The molecule has 1 saturated carbocycles. The van der Waals surface area contributed by atoms with Crippen LogP contribution in [0.1, 0.15) is 18.4 Å². The number of likely N-dealkylation sites (N-methyl/N-ethyl adjacent to an activating group) is 1. The number of nitrogens with one attached hydrogen (secondary N) is 3. The van der Waals surface area contributed by atoms with Gasteiger partial charge >= 0.3 is 0 Å². The van der Waals surface area contributed by atoms with Gasteiger partial charge in [-0.3, -0.25) is 9.89 Å². The fourth-order valence-corrected chi connectivity index (χ4v) is 5.02. The van der Waals surface area contributed by atoms with Gasteiger partial charge in [-0.25, -0.2) is 0 Å². The number of benzene rings is 2. The second-order valence-electron chi connectivity index (χ2n) is 10.1. The van der Waals surface area contributed by atoms with E-state index in [0.29, 0.717) is 22.9 Å². The molecular formula is C28H31N9OS. The molecule has 0 atom stereocenters. The third kappa shape index (κ3) is 6.37. The molecule has 1 amide bonds. The minimum absolute atomic E-state index is 0.101. The number of rotatable bonds is 8. The molecule has 1 aliphatic heterocycles. The number of hydrogen-bond acceptors (Lipinski definition) is 9. The summed E-state index contributed by atoms with van der Waals surface area (Å²) in [5.41, 5.74) is 3.98. The van der Waals surface area contributed by atoms with Crippen molar-refractivity contribution in [3.63, 3.8) is 0 Å². The Balaban J connectivity index is 1.22. The lowest BCUT2D eigenvalue weighted by atomic mass is 10.1. The number of aromatic nitrogens is 5. The molecule has 3 N–H and O–H groups in total. The van der Waals surface area contributed by atoms with Gasteiger partial charge in [0.2, 0.25) is 17.8 Å². The highest BCUT2D eigenvalue weighted by molar-refractivity contribution is 7.99. The molecule has 3 heterocycles. The quantitative estimate of drug-likeness (QED) is 0.295. The molecule has 2 fully saturated rings. The summed E-state index contributed by atoms with van der Waals surface area (Å²) in [6, 6.07) is 18.0. The van der Waals surface area contributed by atoms with Crippen molar-refractivity contribution in [3.8, 4) is 11.3 Å². The van der Waals surface area contributed by atoms with Crippen LogP contribution in [-0.2, 0) is 4.79 Å². The number of amides is 1. The van der Waals surface area contributed by atoms with Crippen LogP contribution in [-0.4, -0.2) is 69.2 Å². The van der Waals surface area contributed by atoms with Crippen LogP contribution < -0.4 is 15.5 Å². The lowest BCUT2D eigenvalue weighted by Crippen LogP contribution is -2.45. The fraction of sp³-hybridized carbons (Fsp3) is 0.321. The monoisotopic (exact) mass is 541 g/mol. The average molecular weight is 542 g/mol. The molecule has 0 unspecified atom stereocenters. The van der Waals surface area contributed by atoms with E-state index in [1.807, 2.05) is 30.3 Å². The lowest BCUT2D eigenvalue weighted by Gasteiger charge is -2.32. The van der Waals surface area contributed by atoms with E-state index in [2.05, 4.69) is 68.9 Å². The van der Waals surface area contributed by atoms with Gasteiger partial charge in [-0.2, -0.15) is 20.1 Å². The molecule has 39 heavy (non-hydrogen) atoms. The molecular weight excluding hydrogens is 510 g/mol. The van der Waals surface area contributed by atoms with Crippen LogP contribution in [0.25, 0.3) is 11.3 Å². The van der Waals surface area contributed by atoms with Gasteiger partial charge in [0.15, 0.2) is 11.0 Å². The molecule has 0 bridgehead atoms. The van der Waals surface area contributed by atoms with Gasteiger partial charge < -0.3 is 20.4 Å². The molecule has 2 aliphatic rings. The maximum Gasteiger partial charge on any atom is 0.234 e. The molecule has 1 aliphatic carbocycles. The first-order valence-corrected chi connectivity index (χ1v) is 14.0. The van der Waals surface area contributed by atoms with E-state index in [0.717, 1.165) is 60.9 Å². The first kappa shape index (κ1) is 25.3. The zero-order valence-electron chi connectivity index (χ0n) is 22.0. The van der Waals surface area contributed by atoms with Crippen LogP contribution in [0.15, 0.2) is 64.6 Å². The van der Waals surface area contributed by atoms with Crippen molar-refractivity contribution in [1.29, 1.82) is 0 Å². The fourth-order valence-electron chi connectivity index (χ4n) is 4.28. The minimum atomic E-state index is 0.101. The summed E-state index contributed by atoms with van der Waals surface area (Å²) >= 11 is 1.46. The van der Waals surface area contributed by atoms with E-state index in [-0.39, 0.29) is 11.8 Å². The number of anilines is 4. The molecule has 1 saturated heterocycles. The topological polar surface area (TPSA) is 115 Å². The van der Waals surface area contributed by atoms with Gasteiger partial charge in [0, 0.05) is 48.7 Å². The first-order valence-electron chi connectivity index (χ1n) is 13.2. The van der Waals surface area contributed by atoms with E-state index in [1.54, 1.807) is 0 Å². The van der Waals surface area contributed by atoms with Crippen LogP contribution in [0.3, 0.4) is 0 Å². The second-order valence-corrected chi connectivity index (χ2v) is 11.1. The minimum Gasteiger partial charge on any atom is -0.338 e. The SMILES string of the molecule is Cc1ccc(-c2cc(Nc3nc(Sc4ccc(NC(=O)C5CC5)cc4)nc(N4CCN(C)CC4)n3)n[nH]2)cc1. The number of aryl methyl sites for hydroxylation is 1. The highest BCUT2D eigenvalue weighted by atomic mass is 32.2. The van der Waals surface area contributed by atoms with E-state index < -0.39 is 0 Å². The molecule has 2 aromatic carbocycles. The van der Waals surface area contributed by atoms with Crippen molar-refractivity contribution in [2.75, 3.05) is 48.8 Å². The van der Waals surface area contributed by atoms with Crippen LogP contribution in [0.4, 0.5) is 23.4 Å². The molecule has 10 nitrogen and oxygen atoms in total. The molecule has 4 aromatic rings. The van der Waals surface area contributed by atoms with Crippen molar-refractivity contribution < 1.29 is 4.79 Å². The number of piperazine rings is 1. The Morgan fingerprint density at radius 1 is 0.974 bits per heavy atom. The summed E-state index contributed by atoms with van der Waals surface area (Å²) in [6.07, 6.45) is 1.97. The van der Waals surface area contributed by atoms with Gasteiger partial charge in [0.25, 0.3) is 0 Å². The van der Waals surface area contributed by atoms with Crippen LogP contribution in [0.2, 0.25) is 0 Å². The van der Waals surface area contributed by atoms with E-state index in [4.69, 9.17) is 15.0 Å². The highest BCUT2D eigenvalue weighted by Crippen LogP contribution is 2.32. The number of H-pyrrole nitrogens is 1. The van der Waals surface area contributed by atoms with Gasteiger partial charge in [-0.1, -0.05) is 29.8 Å². The summed E-state index contributed by atoms with van der Waals surface area (Å²) in [6.45, 7) is 5.66. The Bertz CT molecular complexity index is 1440. The molecule has 0 spiro atoms. The Kier molecular flexibility index (Phi) is 7.16. The van der Waals surface area contributed by atoms with Crippen LogP contribution >= 0.6 is 11.8 Å².